The number of aryl methyl sites for hydroxylation is 1. The van der Waals surface area contributed by atoms with Gasteiger partial charge >= 0.3 is 0 Å². The van der Waals surface area contributed by atoms with E-state index in [0.717, 1.165) is 38.8 Å². The summed E-state index contributed by atoms with van der Waals surface area (Å²) in [6.45, 7) is 1.97. The first-order valence-corrected chi connectivity index (χ1v) is 9.20. The molecule has 1 fully saturated rings. The third-order valence-corrected chi connectivity index (χ3v) is 5.44. The van der Waals surface area contributed by atoms with E-state index in [9.17, 15) is 4.39 Å². The number of fused-ring (bicyclic) bond motifs is 1. The highest BCUT2D eigenvalue weighted by molar-refractivity contribution is 5.35. The summed E-state index contributed by atoms with van der Waals surface area (Å²) < 4.78 is 20.0. The molecule has 132 valence electrons. The zero-order valence-electron chi connectivity index (χ0n) is 14.4. The maximum Gasteiger partial charge on any atom is 0.139 e. The van der Waals surface area contributed by atoms with Crippen LogP contribution in [-0.4, -0.2) is 30.1 Å². The lowest BCUT2D eigenvalue weighted by Crippen LogP contribution is -2.51. The summed E-state index contributed by atoms with van der Waals surface area (Å²) in [5, 5.41) is 0. The highest BCUT2D eigenvalue weighted by Gasteiger charge is 2.36. The number of benzene rings is 2. The zero-order valence-corrected chi connectivity index (χ0v) is 14.4. The number of nitrogens with two attached hydrogens (primary N) is 1. The number of halogens is 1. The van der Waals surface area contributed by atoms with E-state index in [1.807, 2.05) is 6.07 Å². The van der Waals surface area contributed by atoms with Crippen molar-refractivity contribution in [2.45, 2.75) is 43.9 Å². The predicted octanol–water partition coefficient (Wildman–Crippen LogP) is 3.68. The van der Waals surface area contributed by atoms with Crippen LogP contribution in [0.3, 0.4) is 0 Å². The van der Waals surface area contributed by atoms with Crippen LogP contribution < -0.4 is 10.5 Å². The van der Waals surface area contributed by atoms with Gasteiger partial charge in [0.1, 0.15) is 17.7 Å². The molecule has 2 aromatic rings. The van der Waals surface area contributed by atoms with Crippen LogP contribution in [0.2, 0.25) is 0 Å². The topological polar surface area (TPSA) is 38.5 Å². The lowest BCUT2D eigenvalue weighted by molar-refractivity contribution is 0.0366. The molecule has 1 saturated heterocycles. The van der Waals surface area contributed by atoms with Crippen LogP contribution in [-0.2, 0) is 6.42 Å². The second kappa shape index (κ2) is 7.14. The van der Waals surface area contributed by atoms with Gasteiger partial charge in [0.25, 0.3) is 0 Å². The van der Waals surface area contributed by atoms with Gasteiger partial charge in [-0.05, 0) is 55.5 Å². The monoisotopic (exact) mass is 340 g/mol. The summed E-state index contributed by atoms with van der Waals surface area (Å²) in [6, 6.07) is 15.4. The Morgan fingerprint density at radius 2 is 1.96 bits per heavy atom. The molecule has 2 aliphatic rings. The van der Waals surface area contributed by atoms with E-state index in [2.05, 4.69) is 29.2 Å². The molecule has 0 amide bonds. The van der Waals surface area contributed by atoms with Crippen LogP contribution in [0.4, 0.5) is 4.39 Å². The minimum absolute atomic E-state index is 0.0861. The second-order valence-corrected chi connectivity index (χ2v) is 7.20. The first-order valence-electron chi connectivity index (χ1n) is 9.20. The van der Waals surface area contributed by atoms with Gasteiger partial charge in [-0.2, -0.15) is 0 Å². The quantitative estimate of drug-likeness (QED) is 0.926. The molecule has 0 spiro atoms. The maximum absolute atomic E-state index is 13.6. The third kappa shape index (κ3) is 3.55. The Labute approximate surface area is 148 Å². The Hall–Kier alpha value is -1.91. The zero-order chi connectivity index (χ0) is 17.2. The predicted molar refractivity (Wildman–Crippen MR) is 97.1 cm³/mol. The van der Waals surface area contributed by atoms with Crippen LogP contribution in [0.15, 0.2) is 48.5 Å². The summed E-state index contributed by atoms with van der Waals surface area (Å²) in [5.41, 5.74) is 8.77. The molecule has 2 aromatic carbocycles. The normalized spacial score (nSPS) is 26.9. The van der Waals surface area contributed by atoms with Crippen molar-refractivity contribution >= 4 is 0 Å². The average Bonchev–Trinajstić information content (AvgIpc) is 2.62. The lowest BCUT2D eigenvalue weighted by atomic mass is 9.84. The van der Waals surface area contributed by atoms with E-state index < -0.39 is 0 Å². The number of likely N-dealkylation sites (tertiary alicyclic amines) is 1. The van der Waals surface area contributed by atoms with Crippen molar-refractivity contribution in [3.05, 3.63) is 65.5 Å². The molecule has 1 aliphatic heterocycles. The van der Waals surface area contributed by atoms with Gasteiger partial charge in [-0.15, -0.1) is 0 Å². The summed E-state index contributed by atoms with van der Waals surface area (Å²) >= 11 is 0. The Morgan fingerprint density at radius 3 is 2.80 bits per heavy atom. The van der Waals surface area contributed by atoms with Crippen molar-refractivity contribution in [3.8, 4) is 5.75 Å². The molecule has 1 heterocycles. The Bertz CT molecular complexity index is 735. The lowest BCUT2D eigenvalue weighted by Gasteiger charge is -2.43. The first-order chi connectivity index (χ1) is 12.2. The van der Waals surface area contributed by atoms with Gasteiger partial charge in [0.15, 0.2) is 0 Å². The second-order valence-electron chi connectivity index (χ2n) is 7.20. The summed E-state index contributed by atoms with van der Waals surface area (Å²) in [4.78, 5) is 2.48. The fraction of sp³-hybridized carbons (Fsp3) is 0.429. The number of hydrogen-bond acceptors (Lipinski definition) is 3. The molecule has 0 bridgehead atoms. The first kappa shape index (κ1) is 16.6. The van der Waals surface area contributed by atoms with E-state index >= 15 is 0 Å². The SMILES string of the molecule is N[C@@H]1CCCN(C2CCc3ccccc3C2Oc2cccc(F)c2)C1. The molecule has 25 heavy (non-hydrogen) atoms. The molecule has 2 unspecified atom stereocenters. The highest BCUT2D eigenvalue weighted by atomic mass is 19.1. The minimum Gasteiger partial charge on any atom is -0.484 e. The summed E-state index contributed by atoms with van der Waals surface area (Å²) in [7, 11) is 0. The fourth-order valence-corrected chi connectivity index (χ4v) is 4.25. The van der Waals surface area contributed by atoms with Gasteiger partial charge in [0.2, 0.25) is 0 Å². The maximum atomic E-state index is 13.6. The van der Waals surface area contributed by atoms with E-state index in [4.69, 9.17) is 10.5 Å². The van der Waals surface area contributed by atoms with Crippen molar-refractivity contribution in [1.82, 2.24) is 4.90 Å². The molecular weight excluding hydrogens is 315 g/mol. The van der Waals surface area contributed by atoms with Gasteiger partial charge < -0.3 is 10.5 Å². The molecule has 3 nitrogen and oxygen atoms in total. The van der Waals surface area contributed by atoms with Crippen LogP contribution in [0.1, 0.15) is 36.5 Å². The van der Waals surface area contributed by atoms with Crippen LogP contribution >= 0.6 is 0 Å². The Morgan fingerprint density at radius 1 is 1.08 bits per heavy atom. The molecule has 1 aliphatic carbocycles. The van der Waals surface area contributed by atoms with E-state index in [-0.39, 0.29) is 24.0 Å². The van der Waals surface area contributed by atoms with E-state index in [1.165, 1.54) is 23.3 Å². The average molecular weight is 340 g/mol. The van der Waals surface area contributed by atoms with Crippen molar-refractivity contribution in [2.24, 2.45) is 5.73 Å². The van der Waals surface area contributed by atoms with Crippen molar-refractivity contribution in [3.63, 3.8) is 0 Å². The van der Waals surface area contributed by atoms with Crippen LogP contribution in [0.25, 0.3) is 0 Å². The molecule has 0 saturated carbocycles. The molecule has 0 radical (unpaired) electrons. The molecule has 2 N–H and O–H groups in total. The number of hydrogen-bond donors (Lipinski definition) is 1. The molecule has 0 aromatic heterocycles. The van der Waals surface area contributed by atoms with Gasteiger partial charge in [0.05, 0.1) is 6.04 Å². The van der Waals surface area contributed by atoms with Crippen molar-refractivity contribution < 1.29 is 9.13 Å². The van der Waals surface area contributed by atoms with Crippen molar-refractivity contribution in [2.75, 3.05) is 13.1 Å². The highest BCUT2D eigenvalue weighted by Crippen LogP contribution is 2.37. The van der Waals surface area contributed by atoms with Gasteiger partial charge in [0, 0.05) is 18.7 Å². The standard InChI is InChI=1S/C21H25FN2O/c22-16-6-3-8-18(13-16)25-21-19-9-2-1-5-15(19)10-11-20(21)24-12-4-7-17(23)14-24/h1-3,5-6,8-9,13,17,20-21H,4,7,10-12,14,23H2/t17-,20?,21?/m1/s1. The molecule has 4 heteroatoms. The van der Waals surface area contributed by atoms with Gasteiger partial charge in [-0.25, -0.2) is 4.39 Å². The van der Waals surface area contributed by atoms with Crippen molar-refractivity contribution in [1.29, 1.82) is 0 Å². The summed E-state index contributed by atoms with van der Waals surface area (Å²) in [5.74, 6) is 0.325. The molecular formula is C21H25FN2O. The van der Waals surface area contributed by atoms with Crippen LogP contribution in [0.5, 0.6) is 5.75 Å². The molecule has 4 rings (SSSR count). The van der Waals surface area contributed by atoms with Gasteiger partial charge in [-0.1, -0.05) is 30.3 Å². The minimum atomic E-state index is -0.266. The van der Waals surface area contributed by atoms with E-state index in [0.29, 0.717) is 5.75 Å². The van der Waals surface area contributed by atoms with Crippen LogP contribution in [0, 0.1) is 5.82 Å². The summed E-state index contributed by atoms with van der Waals surface area (Å²) in [6.07, 6.45) is 4.23. The van der Waals surface area contributed by atoms with E-state index in [1.54, 1.807) is 6.07 Å². The number of nitrogens with zero attached hydrogens (tertiary/aromatic N) is 1. The Balaban J connectivity index is 1.65. The largest absolute Gasteiger partial charge is 0.484 e. The number of rotatable bonds is 3. The number of ether oxygens (including phenoxy) is 1. The Kier molecular flexibility index (Phi) is 4.73. The molecule has 3 atom stereocenters. The fourth-order valence-electron chi connectivity index (χ4n) is 4.25. The smallest absolute Gasteiger partial charge is 0.139 e. The van der Waals surface area contributed by atoms with Gasteiger partial charge in [-0.3, -0.25) is 4.90 Å². The number of piperidine rings is 1. The third-order valence-electron chi connectivity index (χ3n) is 5.44.